The normalized spacial score (nSPS) is 21.3. The number of benzene rings is 5. The molecule has 0 aliphatic carbocycles. The summed E-state index contributed by atoms with van der Waals surface area (Å²) in [7, 11) is 6.48. The van der Waals surface area contributed by atoms with Crippen molar-refractivity contribution in [2.75, 3.05) is 60.2 Å². The molecule has 2 fully saturated rings. The molecule has 80 heavy (non-hydrogen) atoms. The van der Waals surface area contributed by atoms with Gasteiger partial charge >= 0.3 is 29.9 Å². The summed E-state index contributed by atoms with van der Waals surface area (Å²) < 4.78 is 39.0. The van der Waals surface area contributed by atoms with Gasteiger partial charge in [0.25, 0.3) is 0 Å². The smallest absolute Gasteiger partial charge is 0.329 e. The first kappa shape index (κ1) is 56.0. The molecule has 416 valence electrons. The Morgan fingerprint density at radius 3 is 2.01 bits per heavy atom. The zero-order valence-electron chi connectivity index (χ0n) is 45.3. The molecule has 4 aliphatic rings. The molecule has 0 saturated carbocycles. The molecule has 7 atom stereocenters. The molecule has 0 bridgehead atoms. The standard InChI is InChI=1S/C61H62N4O15/c1-35(2)49(57(70)78-7)62-60(73)64-45-25-24-36(16-14-23-43(55(68)76-5)56(69)77-6)30-44(45)61(59(64)72)48(54(67)63-27-26-39-32-46(74-3)47(75-4)33-41(39)34-63)51-58(71)80-52(38-19-12-9-13-20-38)50(37-17-10-8-11-18-37)65(51)53(61)40-21-15-22-42(31-40)79-29-28-66/h8-13,15,17-22,24-25,30-33,35,43,48-53,66H,23,26-29,34H2,1-7H3,(H,62,73)/t48-,49-,50-,51-,52+,53+,61-/m0/s1. The largest absolute Gasteiger partial charge is 0.493 e. The molecule has 1 spiro atoms. The number of anilines is 1. The van der Waals surface area contributed by atoms with Crippen LogP contribution < -0.4 is 24.4 Å². The van der Waals surface area contributed by atoms with Crippen LogP contribution in [0.15, 0.2) is 115 Å². The molecule has 5 aromatic rings. The van der Waals surface area contributed by atoms with Crippen molar-refractivity contribution in [1.82, 2.24) is 15.1 Å². The van der Waals surface area contributed by atoms with Crippen LogP contribution in [0.5, 0.6) is 17.2 Å². The van der Waals surface area contributed by atoms with E-state index in [4.69, 9.17) is 33.2 Å². The van der Waals surface area contributed by atoms with Gasteiger partial charge in [0.15, 0.2) is 17.4 Å². The maximum Gasteiger partial charge on any atom is 0.329 e. The van der Waals surface area contributed by atoms with Crippen LogP contribution >= 0.6 is 0 Å². The second-order valence-corrected chi connectivity index (χ2v) is 20.1. The molecule has 2 N–H and O–H groups in total. The summed E-state index contributed by atoms with van der Waals surface area (Å²) in [5.41, 5.74) is 1.36. The number of amides is 4. The maximum atomic E-state index is 17.1. The van der Waals surface area contributed by atoms with Gasteiger partial charge in [-0.05, 0) is 88.2 Å². The van der Waals surface area contributed by atoms with E-state index in [0.29, 0.717) is 34.6 Å². The van der Waals surface area contributed by atoms with Crippen molar-refractivity contribution < 1.29 is 71.8 Å². The predicted octanol–water partition coefficient (Wildman–Crippen LogP) is 5.94. The number of aliphatic hydroxyl groups is 1. The number of aliphatic hydroxyl groups excluding tert-OH is 1. The summed E-state index contributed by atoms with van der Waals surface area (Å²) in [6.45, 7) is 3.12. The number of nitrogens with one attached hydrogen (secondary N) is 1. The monoisotopic (exact) mass is 1090 g/mol. The number of hydrogen-bond donors (Lipinski definition) is 2. The highest BCUT2D eigenvalue weighted by Crippen LogP contribution is 2.66. The number of urea groups is 1. The molecule has 4 heterocycles. The topological polar surface area (TPSA) is 226 Å². The molecule has 0 radical (unpaired) electrons. The molecule has 4 aliphatic heterocycles. The van der Waals surface area contributed by atoms with E-state index in [0.717, 1.165) is 30.2 Å². The van der Waals surface area contributed by atoms with E-state index in [1.807, 2.05) is 71.6 Å². The molecule has 9 rings (SSSR count). The highest BCUT2D eigenvalue weighted by molar-refractivity contribution is 6.25. The quantitative estimate of drug-likeness (QED) is 0.0536. The third-order valence-corrected chi connectivity index (χ3v) is 15.4. The number of rotatable bonds is 15. The van der Waals surface area contributed by atoms with Crippen LogP contribution in [0.2, 0.25) is 0 Å². The van der Waals surface area contributed by atoms with Crippen molar-refractivity contribution in [2.24, 2.45) is 17.8 Å². The number of morpholine rings is 1. The van der Waals surface area contributed by atoms with Crippen LogP contribution in [0.1, 0.15) is 77.4 Å². The van der Waals surface area contributed by atoms with Gasteiger partial charge in [-0.15, -0.1) is 0 Å². The Bertz CT molecular complexity index is 3250. The minimum Gasteiger partial charge on any atom is -0.493 e. The third kappa shape index (κ3) is 10.0. The van der Waals surface area contributed by atoms with E-state index >= 15 is 19.2 Å². The fourth-order valence-electron chi connectivity index (χ4n) is 11.8. The predicted molar refractivity (Wildman–Crippen MR) is 288 cm³/mol. The Labute approximate surface area is 462 Å². The fraction of sp³-hybridized carbons (Fsp3) is 0.361. The minimum absolute atomic E-state index is 0.00723. The van der Waals surface area contributed by atoms with Gasteiger partial charge in [-0.3, -0.25) is 28.9 Å². The van der Waals surface area contributed by atoms with Crippen molar-refractivity contribution >= 4 is 47.4 Å². The lowest BCUT2D eigenvalue weighted by Gasteiger charge is -2.46. The Balaban J connectivity index is 1.36. The average molecular weight is 1090 g/mol. The summed E-state index contributed by atoms with van der Waals surface area (Å²) in [5, 5.41) is 12.7. The summed E-state index contributed by atoms with van der Waals surface area (Å²) in [4.78, 5) is 108. The first-order valence-electron chi connectivity index (χ1n) is 26.1. The second-order valence-electron chi connectivity index (χ2n) is 20.1. The van der Waals surface area contributed by atoms with E-state index in [1.165, 1.54) is 33.5 Å². The lowest BCUT2D eigenvalue weighted by molar-refractivity contribution is -0.179. The molecular formula is C61H62N4O15. The number of carbonyl (C=O) groups excluding carboxylic acids is 7. The van der Waals surface area contributed by atoms with Crippen LogP contribution in [-0.2, 0) is 66.1 Å². The number of nitrogens with zero attached hydrogens (tertiary/aromatic N) is 3. The molecule has 0 aromatic heterocycles. The highest BCUT2D eigenvalue weighted by Gasteiger charge is 2.76. The van der Waals surface area contributed by atoms with Crippen molar-refractivity contribution in [2.45, 2.75) is 68.9 Å². The lowest BCUT2D eigenvalue weighted by atomic mass is 9.64. The first-order chi connectivity index (χ1) is 38.7. The Kier molecular flexibility index (Phi) is 16.6. The van der Waals surface area contributed by atoms with E-state index < -0.39 is 95.2 Å². The molecule has 2 saturated heterocycles. The van der Waals surface area contributed by atoms with Crippen LogP contribution in [-0.4, -0.2) is 124 Å². The molecule has 4 amide bonds. The Morgan fingerprint density at radius 1 is 0.750 bits per heavy atom. The number of cyclic esters (lactones) is 1. The summed E-state index contributed by atoms with van der Waals surface area (Å²) in [5.74, 6) is -1.37. The second kappa shape index (κ2) is 23.7. The Morgan fingerprint density at radius 2 is 1.39 bits per heavy atom. The third-order valence-electron chi connectivity index (χ3n) is 15.4. The van der Waals surface area contributed by atoms with Gasteiger partial charge in [-0.25, -0.2) is 14.5 Å². The summed E-state index contributed by atoms with van der Waals surface area (Å²) in [6.07, 6.45) is -1.03. The summed E-state index contributed by atoms with van der Waals surface area (Å²) >= 11 is 0. The first-order valence-corrected chi connectivity index (χ1v) is 26.1. The van der Waals surface area contributed by atoms with Crippen LogP contribution in [0, 0.1) is 29.6 Å². The SMILES string of the molecule is COC(=O)C(CC#Cc1ccc2c(c1)[C@]1(C(=O)N2C(=O)N[C@H](C(=O)OC)C(C)C)[C@H](C(=O)N2CCc3cc(OC)c(OC)cc3C2)[C@H]2C(=O)O[C@H](c3ccccc3)[C@H](c3ccccc3)N2[C@@H]1c1cccc(OCCO)c1)C(=O)OC. The lowest BCUT2D eigenvalue weighted by Crippen LogP contribution is -2.58. The number of imide groups is 1. The molecular weight excluding hydrogens is 1030 g/mol. The highest BCUT2D eigenvalue weighted by atomic mass is 16.6. The van der Waals surface area contributed by atoms with E-state index in [-0.39, 0.29) is 55.3 Å². The van der Waals surface area contributed by atoms with E-state index in [1.54, 1.807) is 55.1 Å². The van der Waals surface area contributed by atoms with Crippen LogP contribution in [0.25, 0.3) is 0 Å². The van der Waals surface area contributed by atoms with Gasteiger partial charge in [-0.1, -0.05) is 98.5 Å². The van der Waals surface area contributed by atoms with Crippen LogP contribution in [0.3, 0.4) is 0 Å². The zero-order chi connectivity index (χ0) is 57.0. The van der Waals surface area contributed by atoms with Crippen LogP contribution in [0.4, 0.5) is 10.5 Å². The maximum absolute atomic E-state index is 17.1. The van der Waals surface area contributed by atoms with Crippen molar-refractivity contribution in [3.8, 4) is 29.1 Å². The number of hydrogen-bond acceptors (Lipinski definition) is 16. The Hall–Kier alpha value is -8.73. The van der Waals surface area contributed by atoms with E-state index in [2.05, 4.69) is 17.2 Å². The molecule has 0 unspecified atom stereocenters. The number of ether oxygens (including phenoxy) is 7. The van der Waals surface area contributed by atoms with Gasteiger partial charge in [-0.2, -0.15) is 0 Å². The minimum atomic E-state index is -2.27. The number of esters is 4. The van der Waals surface area contributed by atoms with Gasteiger partial charge in [0.05, 0.1) is 65.8 Å². The van der Waals surface area contributed by atoms with Crippen molar-refractivity contribution in [3.05, 3.63) is 154 Å². The zero-order valence-corrected chi connectivity index (χ0v) is 45.3. The van der Waals surface area contributed by atoms with Gasteiger partial charge in [0.2, 0.25) is 11.8 Å². The number of carbonyl (C=O) groups is 7. The van der Waals surface area contributed by atoms with Gasteiger partial charge < -0.3 is 48.5 Å². The fourth-order valence-corrected chi connectivity index (χ4v) is 11.8. The summed E-state index contributed by atoms with van der Waals surface area (Å²) in [6, 6.07) is 27.4. The molecule has 19 heteroatoms. The number of methoxy groups -OCH3 is 5. The number of fused-ring (bicyclic) bond motifs is 4. The van der Waals surface area contributed by atoms with Crippen molar-refractivity contribution in [1.29, 1.82) is 0 Å². The van der Waals surface area contributed by atoms with Gasteiger partial charge in [0.1, 0.15) is 36.0 Å². The van der Waals surface area contributed by atoms with E-state index in [9.17, 15) is 19.5 Å². The molecule has 19 nitrogen and oxygen atoms in total. The average Bonchev–Trinajstić information content (AvgIpc) is 4.01. The van der Waals surface area contributed by atoms with Crippen molar-refractivity contribution in [3.63, 3.8) is 0 Å². The molecule has 5 aromatic carbocycles. The van der Waals surface area contributed by atoms with Gasteiger partial charge in [0, 0.05) is 25.1 Å².